The second-order valence-corrected chi connectivity index (χ2v) is 9.09. The molecular formula is C27H33N3O3. The highest BCUT2D eigenvalue weighted by Crippen LogP contribution is 2.26. The number of likely N-dealkylation sites (N-methyl/N-ethyl adjacent to an activating group) is 1. The topological polar surface area (TPSA) is 60.9 Å². The summed E-state index contributed by atoms with van der Waals surface area (Å²) in [5, 5.41) is 0. The zero-order chi connectivity index (χ0) is 23.4. The van der Waals surface area contributed by atoms with E-state index in [2.05, 4.69) is 37.3 Å². The zero-order valence-corrected chi connectivity index (χ0v) is 19.6. The van der Waals surface area contributed by atoms with Crippen molar-refractivity contribution in [2.24, 2.45) is 5.92 Å². The van der Waals surface area contributed by atoms with Crippen molar-refractivity contribution >= 4 is 17.7 Å². The Morgan fingerprint density at radius 2 is 1.82 bits per heavy atom. The molecule has 174 valence electrons. The largest absolute Gasteiger partial charge is 0.341 e. The minimum absolute atomic E-state index is 0.0500. The van der Waals surface area contributed by atoms with Crippen LogP contribution in [0.5, 0.6) is 0 Å². The molecular weight excluding hydrogens is 414 g/mol. The van der Waals surface area contributed by atoms with Crippen LogP contribution >= 0.6 is 0 Å². The molecule has 6 nitrogen and oxygen atoms in total. The lowest BCUT2D eigenvalue weighted by Gasteiger charge is -2.26. The summed E-state index contributed by atoms with van der Waals surface area (Å²) >= 11 is 0. The van der Waals surface area contributed by atoms with Crippen LogP contribution in [0.15, 0.2) is 48.5 Å². The zero-order valence-electron chi connectivity index (χ0n) is 19.6. The van der Waals surface area contributed by atoms with Crippen molar-refractivity contribution in [1.82, 2.24) is 14.7 Å². The van der Waals surface area contributed by atoms with Crippen LogP contribution in [0.3, 0.4) is 0 Å². The molecule has 0 radical (unpaired) electrons. The molecule has 2 aliphatic heterocycles. The Labute approximate surface area is 196 Å². The maximum Gasteiger partial charge on any atom is 0.242 e. The van der Waals surface area contributed by atoms with E-state index >= 15 is 0 Å². The second-order valence-electron chi connectivity index (χ2n) is 9.09. The Kier molecular flexibility index (Phi) is 7.11. The van der Waals surface area contributed by atoms with Gasteiger partial charge in [0.2, 0.25) is 17.7 Å². The monoisotopic (exact) mass is 447 g/mol. The molecule has 4 rings (SSSR count). The van der Waals surface area contributed by atoms with E-state index in [4.69, 9.17) is 0 Å². The van der Waals surface area contributed by atoms with Crippen molar-refractivity contribution in [3.8, 4) is 11.1 Å². The van der Waals surface area contributed by atoms with Gasteiger partial charge in [-0.05, 0) is 48.9 Å². The number of aryl methyl sites for hydroxylation is 1. The Bertz CT molecular complexity index is 1030. The number of likely N-dealkylation sites (tertiary alicyclic amines) is 1. The number of rotatable bonds is 6. The molecule has 0 bridgehead atoms. The third kappa shape index (κ3) is 5.27. The third-order valence-electron chi connectivity index (χ3n) is 6.84. The lowest BCUT2D eigenvalue weighted by molar-refractivity contribution is -0.139. The van der Waals surface area contributed by atoms with Gasteiger partial charge in [0.25, 0.3) is 0 Å². The fourth-order valence-electron chi connectivity index (χ4n) is 4.92. The molecule has 3 amide bonds. The first-order valence-electron chi connectivity index (χ1n) is 12.0. The average molecular weight is 448 g/mol. The lowest BCUT2D eigenvalue weighted by Crippen LogP contribution is -2.43. The molecule has 2 aromatic carbocycles. The van der Waals surface area contributed by atoms with Gasteiger partial charge in [-0.3, -0.25) is 14.4 Å². The maximum atomic E-state index is 13.3. The third-order valence-corrected chi connectivity index (χ3v) is 6.84. The van der Waals surface area contributed by atoms with Gasteiger partial charge in [-0.1, -0.05) is 48.5 Å². The van der Waals surface area contributed by atoms with E-state index in [-0.39, 0.29) is 30.2 Å². The van der Waals surface area contributed by atoms with Gasteiger partial charge < -0.3 is 14.7 Å². The van der Waals surface area contributed by atoms with E-state index in [9.17, 15) is 14.4 Å². The first kappa shape index (κ1) is 23.0. The number of nitrogens with zero attached hydrogens (tertiary/aromatic N) is 3. The highest BCUT2D eigenvalue weighted by molar-refractivity contribution is 5.87. The summed E-state index contributed by atoms with van der Waals surface area (Å²) in [5.41, 5.74) is 4.63. The van der Waals surface area contributed by atoms with Crippen LogP contribution in [-0.2, 0) is 20.8 Å². The Balaban J connectivity index is 1.52. The van der Waals surface area contributed by atoms with E-state index in [0.717, 1.165) is 17.5 Å². The molecule has 2 saturated heterocycles. The minimum Gasteiger partial charge on any atom is -0.341 e. The quantitative estimate of drug-likeness (QED) is 0.684. The molecule has 6 heteroatoms. The van der Waals surface area contributed by atoms with E-state index in [0.29, 0.717) is 45.6 Å². The molecule has 2 heterocycles. The molecule has 0 aromatic heterocycles. The summed E-state index contributed by atoms with van der Waals surface area (Å²) < 4.78 is 0. The maximum absolute atomic E-state index is 13.3. The summed E-state index contributed by atoms with van der Waals surface area (Å²) in [6.07, 6.45) is 1.92. The van der Waals surface area contributed by atoms with Gasteiger partial charge in [0, 0.05) is 39.1 Å². The van der Waals surface area contributed by atoms with Gasteiger partial charge in [-0.2, -0.15) is 0 Å². The van der Waals surface area contributed by atoms with E-state index in [1.807, 2.05) is 30.0 Å². The molecule has 0 N–H and O–H groups in total. The highest BCUT2D eigenvalue weighted by Gasteiger charge is 2.33. The van der Waals surface area contributed by atoms with Crippen LogP contribution in [0.4, 0.5) is 0 Å². The van der Waals surface area contributed by atoms with Crippen molar-refractivity contribution in [1.29, 1.82) is 0 Å². The minimum atomic E-state index is -0.294. The number of carbonyl (C=O) groups excluding carboxylic acids is 3. The molecule has 2 aromatic rings. The van der Waals surface area contributed by atoms with Crippen LogP contribution in [0.1, 0.15) is 30.9 Å². The van der Waals surface area contributed by atoms with Crippen LogP contribution in [-0.4, -0.2) is 71.7 Å². The van der Waals surface area contributed by atoms with Crippen molar-refractivity contribution in [2.75, 3.05) is 39.3 Å². The number of amides is 3. The number of hydrogen-bond donors (Lipinski definition) is 0. The van der Waals surface area contributed by atoms with Crippen LogP contribution < -0.4 is 0 Å². The normalized spacial score (nSPS) is 19.2. The van der Waals surface area contributed by atoms with Crippen LogP contribution in [0.2, 0.25) is 0 Å². The van der Waals surface area contributed by atoms with E-state index < -0.39 is 0 Å². The van der Waals surface area contributed by atoms with Gasteiger partial charge in [0.05, 0.1) is 12.5 Å². The van der Waals surface area contributed by atoms with Crippen molar-refractivity contribution in [3.05, 3.63) is 59.7 Å². The first-order valence-corrected chi connectivity index (χ1v) is 12.0. The van der Waals surface area contributed by atoms with Gasteiger partial charge in [0.1, 0.15) is 0 Å². The van der Waals surface area contributed by atoms with Crippen LogP contribution in [0.25, 0.3) is 11.1 Å². The van der Waals surface area contributed by atoms with E-state index in [1.54, 1.807) is 9.80 Å². The molecule has 0 spiro atoms. The molecule has 2 aliphatic rings. The average Bonchev–Trinajstić information content (AvgIpc) is 3.14. The smallest absolute Gasteiger partial charge is 0.242 e. The fraction of sp³-hybridized carbons (Fsp3) is 0.444. The fourth-order valence-corrected chi connectivity index (χ4v) is 4.92. The summed E-state index contributed by atoms with van der Waals surface area (Å²) in [6, 6.07) is 16.6. The standard InChI is InChI=1S/C27H33N3O3/c1-3-28-14-15-30(26(32)19-29-13-7-12-25(29)31)18-23(27(28)33)17-21-9-6-10-22(16-21)24-11-5-4-8-20(24)2/h4-6,8-11,16,23H,3,7,12-15,17-19H2,1-2H3. The number of benzene rings is 2. The predicted octanol–water partition coefficient (Wildman–Crippen LogP) is 3.13. The molecule has 2 fully saturated rings. The number of carbonyl (C=O) groups is 3. The summed E-state index contributed by atoms with van der Waals surface area (Å²) in [6.45, 7) is 6.92. The van der Waals surface area contributed by atoms with Crippen LogP contribution in [0, 0.1) is 12.8 Å². The van der Waals surface area contributed by atoms with Crippen molar-refractivity contribution in [3.63, 3.8) is 0 Å². The lowest BCUT2D eigenvalue weighted by atomic mass is 9.93. The predicted molar refractivity (Wildman–Crippen MR) is 128 cm³/mol. The van der Waals surface area contributed by atoms with Crippen molar-refractivity contribution in [2.45, 2.75) is 33.1 Å². The SMILES string of the molecule is CCN1CCN(C(=O)CN2CCCC2=O)CC(Cc2cccc(-c3ccccc3C)c2)C1=O. The Morgan fingerprint density at radius 3 is 2.55 bits per heavy atom. The Hall–Kier alpha value is -3.15. The van der Waals surface area contributed by atoms with Gasteiger partial charge in [-0.25, -0.2) is 0 Å². The highest BCUT2D eigenvalue weighted by atomic mass is 16.2. The van der Waals surface area contributed by atoms with Gasteiger partial charge >= 0.3 is 0 Å². The molecule has 1 unspecified atom stereocenters. The summed E-state index contributed by atoms with van der Waals surface area (Å²) in [4.78, 5) is 43.6. The van der Waals surface area contributed by atoms with Gasteiger partial charge in [-0.15, -0.1) is 0 Å². The Morgan fingerprint density at radius 1 is 1.00 bits per heavy atom. The molecule has 0 aliphatic carbocycles. The van der Waals surface area contributed by atoms with E-state index in [1.165, 1.54) is 11.1 Å². The molecule has 1 atom stereocenters. The molecule has 0 saturated carbocycles. The first-order chi connectivity index (χ1) is 16.0. The number of hydrogen-bond acceptors (Lipinski definition) is 3. The van der Waals surface area contributed by atoms with Gasteiger partial charge in [0.15, 0.2) is 0 Å². The molecule has 33 heavy (non-hydrogen) atoms. The summed E-state index contributed by atoms with van der Waals surface area (Å²) in [5.74, 6) is -0.201. The summed E-state index contributed by atoms with van der Waals surface area (Å²) in [7, 11) is 0. The van der Waals surface area contributed by atoms with Crippen molar-refractivity contribution < 1.29 is 14.4 Å². The second kappa shape index (κ2) is 10.2.